The van der Waals surface area contributed by atoms with Gasteiger partial charge in [-0.1, -0.05) is 24.3 Å². The minimum Gasteiger partial charge on any atom is -0.380 e. The summed E-state index contributed by atoms with van der Waals surface area (Å²) in [5.41, 5.74) is 2.24. The van der Waals surface area contributed by atoms with Gasteiger partial charge in [-0.3, -0.25) is 9.69 Å². The number of amides is 1. The molecule has 1 aliphatic heterocycles. The highest BCUT2D eigenvalue weighted by Crippen LogP contribution is 2.09. The Morgan fingerprint density at radius 3 is 2.82 bits per heavy atom. The molecular formula is C16H26ClN3O2. The second kappa shape index (κ2) is 10.6. The van der Waals surface area contributed by atoms with Crippen LogP contribution in [0, 0.1) is 0 Å². The fourth-order valence-electron chi connectivity index (χ4n) is 2.54. The average Bonchev–Trinajstić information content (AvgIpc) is 2.75. The van der Waals surface area contributed by atoms with E-state index in [1.807, 2.05) is 24.3 Å². The number of halogens is 1. The maximum Gasteiger partial charge on any atom is 0.234 e. The third-order valence-corrected chi connectivity index (χ3v) is 3.69. The summed E-state index contributed by atoms with van der Waals surface area (Å²) in [5, 5.41) is 6.35. The van der Waals surface area contributed by atoms with Crippen molar-refractivity contribution in [2.75, 3.05) is 39.8 Å². The van der Waals surface area contributed by atoms with E-state index in [-0.39, 0.29) is 18.3 Å². The molecule has 22 heavy (non-hydrogen) atoms. The molecule has 1 amide bonds. The number of ether oxygens (including phenoxy) is 1. The molecule has 0 saturated carbocycles. The van der Waals surface area contributed by atoms with E-state index in [0.717, 1.165) is 43.7 Å². The molecule has 0 aliphatic carbocycles. The molecule has 1 saturated heterocycles. The van der Waals surface area contributed by atoms with Crippen molar-refractivity contribution in [1.82, 2.24) is 15.5 Å². The predicted octanol–water partition coefficient (Wildman–Crippen LogP) is 1.17. The molecule has 0 aromatic heterocycles. The largest absolute Gasteiger partial charge is 0.380 e. The molecule has 0 unspecified atom stereocenters. The van der Waals surface area contributed by atoms with Crippen LogP contribution in [0.1, 0.15) is 17.5 Å². The van der Waals surface area contributed by atoms with Crippen LogP contribution in [0.4, 0.5) is 0 Å². The fraction of sp³-hybridized carbons (Fsp3) is 0.562. The minimum absolute atomic E-state index is 0. The van der Waals surface area contributed by atoms with Crippen LogP contribution in [0.5, 0.6) is 0 Å². The quantitative estimate of drug-likeness (QED) is 0.823. The highest BCUT2D eigenvalue weighted by molar-refractivity contribution is 5.85. The Labute approximate surface area is 138 Å². The molecule has 0 atom stereocenters. The smallest absolute Gasteiger partial charge is 0.234 e. The summed E-state index contributed by atoms with van der Waals surface area (Å²) in [6.45, 7) is 5.54. The van der Waals surface area contributed by atoms with E-state index in [9.17, 15) is 4.79 Å². The van der Waals surface area contributed by atoms with Gasteiger partial charge in [0.25, 0.3) is 0 Å². The van der Waals surface area contributed by atoms with E-state index < -0.39 is 0 Å². The minimum atomic E-state index is 0. The van der Waals surface area contributed by atoms with Gasteiger partial charge in [-0.15, -0.1) is 12.4 Å². The van der Waals surface area contributed by atoms with Gasteiger partial charge in [-0.05, 0) is 30.6 Å². The van der Waals surface area contributed by atoms with Crippen molar-refractivity contribution < 1.29 is 9.53 Å². The molecule has 1 heterocycles. The summed E-state index contributed by atoms with van der Waals surface area (Å²) in [5.74, 6) is 0.0871. The average molecular weight is 328 g/mol. The SMILES string of the molecule is COCc1ccccc1CNC(=O)CN1CCCNCC1.Cl. The molecule has 124 valence electrons. The van der Waals surface area contributed by atoms with Crippen LogP contribution in [-0.2, 0) is 22.7 Å². The molecule has 1 aromatic carbocycles. The van der Waals surface area contributed by atoms with Gasteiger partial charge in [-0.2, -0.15) is 0 Å². The number of methoxy groups -OCH3 is 1. The van der Waals surface area contributed by atoms with E-state index >= 15 is 0 Å². The van der Waals surface area contributed by atoms with E-state index in [1.54, 1.807) is 7.11 Å². The summed E-state index contributed by atoms with van der Waals surface area (Å²) >= 11 is 0. The lowest BCUT2D eigenvalue weighted by Crippen LogP contribution is -2.38. The zero-order valence-corrected chi connectivity index (χ0v) is 14.0. The van der Waals surface area contributed by atoms with Crippen LogP contribution < -0.4 is 10.6 Å². The zero-order valence-electron chi connectivity index (χ0n) is 13.1. The molecule has 2 N–H and O–H groups in total. The van der Waals surface area contributed by atoms with Crippen LogP contribution in [0.25, 0.3) is 0 Å². The van der Waals surface area contributed by atoms with Gasteiger partial charge in [0.15, 0.2) is 0 Å². The first-order valence-corrected chi connectivity index (χ1v) is 7.55. The number of hydrogen-bond acceptors (Lipinski definition) is 4. The van der Waals surface area contributed by atoms with Crippen LogP contribution in [0.15, 0.2) is 24.3 Å². The Morgan fingerprint density at radius 2 is 2.05 bits per heavy atom. The highest BCUT2D eigenvalue weighted by Gasteiger charge is 2.12. The standard InChI is InChI=1S/C16H25N3O2.ClH/c1-21-13-15-6-3-2-5-14(15)11-18-16(20)12-19-9-4-7-17-8-10-19;/h2-3,5-6,17H,4,7-13H2,1H3,(H,18,20);1H. The van der Waals surface area contributed by atoms with Crippen LogP contribution >= 0.6 is 12.4 Å². The van der Waals surface area contributed by atoms with E-state index in [1.165, 1.54) is 0 Å². The van der Waals surface area contributed by atoms with Gasteiger partial charge in [0.2, 0.25) is 5.91 Å². The molecule has 0 radical (unpaired) electrons. The van der Waals surface area contributed by atoms with Gasteiger partial charge < -0.3 is 15.4 Å². The molecule has 6 heteroatoms. The Morgan fingerprint density at radius 1 is 1.27 bits per heavy atom. The normalized spacial score (nSPS) is 15.7. The number of rotatable bonds is 6. The summed E-state index contributed by atoms with van der Waals surface area (Å²) in [6, 6.07) is 8.04. The number of carbonyl (C=O) groups excluding carboxylic acids is 1. The molecule has 2 rings (SSSR count). The van der Waals surface area contributed by atoms with Crippen molar-refractivity contribution in [3.05, 3.63) is 35.4 Å². The van der Waals surface area contributed by atoms with Crippen molar-refractivity contribution in [3.63, 3.8) is 0 Å². The zero-order chi connectivity index (χ0) is 14.9. The molecule has 0 spiro atoms. The Kier molecular flexibility index (Phi) is 9.08. The molecule has 1 fully saturated rings. The Hall–Kier alpha value is -1.14. The number of carbonyl (C=O) groups is 1. The Bertz CT molecular complexity index is 449. The van der Waals surface area contributed by atoms with Crippen molar-refractivity contribution >= 4 is 18.3 Å². The maximum absolute atomic E-state index is 12.1. The summed E-state index contributed by atoms with van der Waals surface area (Å²) in [7, 11) is 1.68. The first-order valence-electron chi connectivity index (χ1n) is 7.55. The number of benzene rings is 1. The summed E-state index contributed by atoms with van der Waals surface area (Å²) < 4.78 is 5.18. The van der Waals surface area contributed by atoms with E-state index in [0.29, 0.717) is 19.7 Å². The van der Waals surface area contributed by atoms with Crippen molar-refractivity contribution in [3.8, 4) is 0 Å². The molecular weight excluding hydrogens is 302 g/mol. The van der Waals surface area contributed by atoms with Gasteiger partial charge in [0.1, 0.15) is 0 Å². The summed E-state index contributed by atoms with van der Waals surface area (Å²) in [4.78, 5) is 14.3. The lowest BCUT2D eigenvalue weighted by atomic mass is 10.1. The van der Waals surface area contributed by atoms with Crippen molar-refractivity contribution in [2.24, 2.45) is 0 Å². The van der Waals surface area contributed by atoms with Gasteiger partial charge in [-0.25, -0.2) is 0 Å². The molecule has 0 bridgehead atoms. The first kappa shape index (κ1) is 18.9. The lowest BCUT2D eigenvalue weighted by Gasteiger charge is -2.19. The van der Waals surface area contributed by atoms with Gasteiger partial charge >= 0.3 is 0 Å². The van der Waals surface area contributed by atoms with Crippen LogP contribution in [0.2, 0.25) is 0 Å². The topological polar surface area (TPSA) is 53.6 Å². The van der Waals surface area contributed by atoms with Crippen LogP contribution in [-0.4, -0.2) is 50.6 Å². The monoisotopic (exact) mass is 327 g/mol. The highest BCUT2D eigenvalue weighted by atomic mass is 35.5. The van der Waals surface area contributed by atoms with E-state index in [2.05, 4.69) is 15.5 Å². The van der Waals surface area contributed by atoms with Crippen molar-refractivity contribution in [1.29, 1.82) is 0 Å². The molecule has 5 nitrogen and oxygen atoms in total. The second-order valence-electron chi connectivity index (χ2n) is 5.36. The first-order chi connectivity index (χ1) is 10.3. The lowest BCUT2D eigenvalue weighted by molar-refractivity contribution is -0.122. The molecule has 1 aromatic rings. The predicted molar refractivity (Wildman–Crippen MR) is 90.2 cm³/mol. The second-order valence-corrected chi connectivity index (χ2v) is 5.36. The molecule has 1 aliphatic rings. The van der Waals surface area contributed by atoms with Gasteiger partial charge in [0, 0.05) is 26.7 Å². The third kappa shape index (κ3) is 6.32. The summed E-state index contributed by atoms with van der Waals surface area (Å²) in [6.07, 6.45) is 1.10. The van der Waals surface area contributed by atoms with Crippen LogP contribution in [0.3, 0.4) is 0 Å². The fourth-order valence-corrected chi connectivity index (χ4v) is 2.54. The van der Waals surface area contributed by atoms with E-state index in [4.69, 9.17) is 4.74 Å². The Balaban J connectivity index is 0.00000242. The number of nitrogens with zero attached hydrogens (tertiary/aromatic N) is 1. The van der Waals surface area contributed by atoms with Gasteiger partial charge in [0.05, 0.1) is 13.2 Å². The third-order valence-electron chi connectivity index (χ3n) is 3.69. The maximum atomic E-state index is 12.1. The number of nitrogens with one attached hydrogen (secondary N) is 2. The number of hydrogen-bond donors (Lipinski definition) is 2. The van der Waals surface area contributed by atoms with Crippen molar-refractivity contribution in [2.45, 2.75) is 19.6 Å².